The van der Waals surface area contributed by atoms with Crippen LogP contribution in [0.2, 0.25) is 0 Å². The summed E-state index contributed by atoms with van der Waals surface area (Å²) in [4.78, 5) is 2.16. The van der Waals surface area contributed by atoms with Crippen LogP contribution >= 0.6 is 11.3 Å². The molecule has 0 bridgehead atoms. The second kappa shape index (κ2) is 8.74. The highest BCUT2D eigenvalue weighted by molar-refractivity contribution is 7.15. The van der Waals surface area contributed by atoms with Crippen LogP contribution in [0.25, 0.3) is 0 Å². The molecule has 1 aromatic carbocycles. The van der Waals surface area contributed by atoms with Gasteiger partial charge in [0.15, 0.2) is 0 Å². The van der Waals surface area contributed by atoms with Crippen molar-refractivity contribution in [2.45, 2.75) is 37.8 Å². The van der Waals surface area contributed by atoms with E-state index < -0.39 is 17.5 Å². The topological polar surface area (TPSA) is 50.3 Å². The van der Waals surface area contributed by atoms with E-state index in [1.807, 2.05) is 0 Å². The summed E-state index contributed by atoms with van der Waals surface area (Å²) in [5, 5.41) is 8.85. The number of halogens is 6. The number of anilines is 1. The number of hydrogen-bond acceptors (Lipinski definition) is 6. The number of likely N-dealkylation sites (tertiary alicyclic amines) is 1. The first-order valence-electron chi connectivity index (χ1n) is 8.83. The second-order valence-corrected chi connectivity index (χ2v) is 7.59. The smallest absolute Gasteiger partial charge is 0.406 e. The molecule has 0 amide bonds. The number of rotatable bonds is 6. The summed E-state index contributed by atoms with van der Waals surface area (Å²) in [7, 11) is 0. The number of ether oxygens (including phenoxy) is 1. The zero-order valence-corrected chi connectivity index (χ0v) is 15.9. The van der Waals surface area contributed by atoms with Crippen LogP contribution in [0.5, 0.6) is 5.75 Å². The molecule has 2 heterocycles. The monoisotopic (exact) mass is 440 g/mol. The van der Waals surface area contributed by atoms with Gasteiger partial charge in [-0.15, -0.1) is 23.4 Å². The largest absolute Gasteiger partial charge is 0.573 e. The van der Waals surface area contributed by atoms with Crippen LogP contribution in [0, 0.1) is 0 Å². The molecule has 0 atom stereocenters. The number of benzene rings is 1. The Labute approximate surface area is 166 Å². The molecule has 12 heteroatoms. The maximum atomic E-state index is 12.6. The van der Waals surface area contributed by atoms with E-state index in [-0.39, 0.29) is 16.9 Å². The van der Waals surface area contributed by atoms with Crippen molar-refractivity contribution in [3.8, 4) is 5.75 Å². The molecule has 2 aromatic rings. The van der Waals surface area contributed by atoms with Gasteiger partial charge in [0.25, 0.3) is 0 Å². The minimum atomic E-state index is -4.72. The van der Waals surface area contributed by atoms with Crippen molar-refractivity contribution in [1.82, 2.24) is 15.1 Å². The third-order valence-electron chi connectivity index (χ3n) is 4.43. The highest BCUT2D eigenvalue weighted by Gasteiger charge is 2.36. The summed E-state index contributed by atoms with van der Waals surface area (Å²) in [5.41, 5.74) is 0.737. The quantitative estimate of drug-likeness (QED) is 0.667. The summed E-state index contributed by atoms with van der Waals surface area (Å²) >= 11 is 0.483. The molecule has 1 aliphatic rings. The number of nitrogens with one attached hydrogen (secondary N) is 1. The van der Waals surface area contributed by atoms with Gasteiger partial charge in [0, 0.05) is 25.7 Å². The number of nitrogens with zero attached hydrogens (tertiary/aromatic N) is 3. The van der Waals surface area contributed by atoms with Gasteiger partial charge in [0.1, 0.15) is 5.75 Å². The van der Waals surface area contributed by atoms with E-state index in [4.69, 9.17) is 0 Å². The van der Waals surface area contributed by atoms with Gasteiger partial charge in [0.05, 0.1) is 0 Å². The summed E-state index contributed by atoms with van der Waals surface area (Å²) < 4.78 is 78.5. The highest BCUT2D eigenvalue weighted by Crippen LogP contribution is 2.33. The van der Waals surface area contributed by atoms with Gasteiger partial charge < -0.3 is 15.0 Å². The summed E-state index contributed by atoms with van der Waals surface area (Å²) in [5.74, 6) is -0.242. The van der Waals surface area contributed by atoms with Crippen molar-refractivity contribution in [3.05, 3.63) is 34.8 Å². The summed E-state index contributed by atoms with van der Waals surface area (Å²) in [6.07, 6.45) is -7.21. The molecular formula is C17H18F6N4OS. The first-order chi connectivity index (χ1) is 13.6. The van der Waals surface area contributed by atoms with E-state index in [0.717, 1.165) is 31.5 Å². The molecule has 0 aliphatic carbocycles. The van der Waals surface area contributed by atoms with Gasteiger partial charge in [0.2, 0.25) is 10.1 Å². The predicted octanol–water partition coefficient (Wildman–Crippen LogP) is 4.57. The van der Waals surface area contributed by atoms with E-state index >= 15 is 0 Å². The van der Waals surface area contributed by atoms with Crippen LogP contribution < -0.4 is 10.1 Å². The highest BCUT2D eigenvalue weighted by atomic mass is 32.1. The molecule has 1 fully saturated rings. The van der Waals surface area contributed by atoms with Crippen LogP contribution in [0.4, 0.5) is 31.5 Å². The third-order valence-corrected chi connectivity index (χ3v) is 5.33. The normalized spacial score (nSPS) is 16.8. The molecular weight excluding hydrogens is 422 g/mol. The minimum Gasteiger partial charge on any atom is -0.406 e. The lowest BCUT2D eigenvalue weighted by Crippen LogP contribution is -2.40. The van der Waals surface area contributed by atoms with Crippen molar-refractivity contribution in [3.63, 3.8) is 0 Å². The number of alkyl halides is 6. The first-order valence-corrected chi connectivity index (χ1v) is 9.64. The molecule has 1 N–H and O–H groups in total. The first kappa shape index (κ1) is 21.6. The van der Waals surface area contributed by atoms with Gasteiger partial charge in [-0.3, -0.25) is 0 Å². The minimum absolute atomic E-state index is 0.00352. The van der Waals surface area contributed by atoms with Gasteiger partial charge in [-0.05, 0) is 37.0 Å². The van der Waals surface area contributed by atoms with Crippen molar-refractivity contribution < 1.29 is 31.1 Å². The van der Waals surface area contributed by atoms with E-state index in [1.54, 1.807) is 6.07 Å². The number of aromatic nitrogens is 2. The summed E-state index contributed by atoms with van der Waals surface area (Å²) in [6.45, 7) is 2.11. The molecule has 3 rings (SSSR count). The van der Waals surface area contributed by atoms with Gasteiger partial charge in [-0.1, -0.05) is 23.5 Å². The fraction of sp³-hybridized carbons (Fsp3) is 0.529. The van der Waals surface area contributed by atoms with Gasteiger partial charge in [-0.2, -0.15) is 13.2 Å². The molecule has 160 valence electrons. The van der Waals surface area contributed by atoms with Gasteiger partial charge in [-0.25, -0.2) is 0 Å². The molecule has 0 unspecified atom stereocenters. The Kier molecular flexibility index (Phi) is 6.52. The standard InChI is InChI=1S/C17H18F6N4OS/c18-16(19,20)14-25-26-15(29-14)24-12-5-8-27(9-6-12)7-4-11-2-1-3-13(10-11)28-17(21,22)23/h1-3,10,12H,4-9H2,(H,24,26). The SMILES string of the molecule is FC(F)(F)Oc1cccc(CCN2CCC(Nc3nnc(C(F)(F)F)s3)CC2)c1. The van der Waals surface area contributed by atoms with Crippen molar-refractivity contribution >= 4 is 16.5 Å². The Morgan fingerprint density at radius 2 is 1.83 bits per heavy atom. The zero-order valence-electron chi connectivity index (χ0n) is 15.1. The van der Waals surface area contributed by atoms with Crippen LogP contribution in [0.1, 0.15) is 23.4 Å². The van der Waals surface area contributed by atoms with Crippen molar-refractivity contribution in [2.75, 3.05) is 25.0 Å². The average molecular weight is 440 g/mol. The third kappa shape index (κ3) is 6.74. The van der Waals surface area contributed by atoms with Crippen LogP contribution in [-0.4, -0.2) is 47.1 Å². The van der Waals surface area contributed by atoms with E-state index in [9.17, 15) is 26.3 Å². The van der Waals surface area contributed by atoms with Gasteiger partial charge >= 0.3 is 12.5 Å². The Hall–Kier alpha value is -2.08. The lowest BCUT2D eigenvalue weighted by atomic mass is 10.0. The maximum Gasteiger partial charge on any atom is 0.573 e. The summed E-state index contributed by atoms with van der Waals surface area (Å²) in [6, 6.07) is 5.89. The van der Waals surface area contributed by atoms with Crippen molar-refractivity contribution in [1.29, 1.82) is 0 Å². The fourth-order valence-corrected chi connectivity index (χ4v) is 3.74. The number of piperidine rings is 1. The van der Waals surface area contributed by atoms with Crippen LogP contribution in [-0.2, 0) is 12.6 Å². The van der Waals surface area contributed by atoms with E-state index in [1.165, 1.54) is 18.2 Å². The lowest BCUT2D eigenvalue weighted by Gasteiger charge is -2.32. The molecule has 0 radical (unpaired) electrons. The Bertz CT molecular complexity index is 802. The van der Waals surface area contributed by atoms with Crippen LogP contribution in [0.3, 0.4) is 0 Å². The maximum absolute atomic E-state index is 12.6. The Balaban J connectivity index is 1.43. The second-order valence-electron chi connectivity index (χ2n) is 6.62. The Morgan fingerprint density at radius 3 is 2.45 bits per heavy atom. The predicted molar refractivity (Wildman–Crippen MR) is 94.8 cm³/mol. The molecule has 29 heavy (non-hydrogen) atoms. The van der Waals surface area contributed by atoms with E-state index in [0.29, 0.717) is 24.3 Å². The molecule has 0 saturated carbocycles. The van der Waals surface area contributed by atoms with Crippen molar-refractivity contribution in [2.24, 2.45) is 0 Å². The number of hydrogen-bond donors (Lipinski definition) is 1. The van der Waals surface area contributed by atoms with Crippen LogP contribution in [0.15, 0.2) is 24.3 Å². The van der Waals surface area contributed by atoms with E-state index in [2.05, 4.69) is 25.2 Å². The molecule has 5 nitrogen and oxygen atoms in total. The lowest BCUT2D eigenvalue weighted by molar-refractivity contribution is -0.274. The molecule has 1 aromatic heterocycles. The fourth-order valence-electron chi connectivity index (χ4n) is 3.06. The average Bonchev–Trinajstić information content (AvgIpc) is 3.09. The Morgan fingerprint density at radius 1 is 1.10 bits per heavy atom. The molecule has 1 saturated heterocycles. The zero-order chi connectivity index (χ0) is 21.1. The molecule has 0 spiro atoms. The molecule has 1 aliphatic heterocycles.